The molecule has 0 saturated carbocycles. The molecule has 4 N–H and O–H groups in total. The Bertz CT molecular complexity index is 1610. The van der Waals surface area contributed by atoms with Crippen molar-refractivity contribution in [1.29, 1.82) is 0 Å². The van der Waals surface area contributed by atoms with Crippen molar-refractivity contribution in [2.45, 2.75) is 37.8 Å². The van der Waals surface area contributed by atoms with Crippen LogP contribution >= 0.6 is 0 Å². The van der Waals surface area contributed by atoms with Gasteiger partial charge in [-0.3, -0.25) is 14.2 Å². The number of anilines is 1. The fraction of sp³-hybridized carbons (Fsp3) is 0.321. The Morgan fingerprint density at radius 2 is 1.90 bits per heavy atom. The number of aliphatic hydroxyl groups excluding tert-OH is 2. The highest BCUT2D eigenvalue weighted by Crippen LogP contribution is 2.34. The number of ketones is 1. The van der Waals surface area contributed by atoms with Crippen molar-refractivity contribution in [2.24, 2.45) is 0 Å². The standard InChI is InChI=1S/C28H28N6O7/c1-15(36)17-3-2-4-18(10-17)27(38)33-22-24(37)21(11-35)41-28(22)34-13-32-23-25(30-12-31-26(23)34)29-8-7-16-5-6-19-20(9-16)40-14-39-19/h2-6,9-10,12-13,21-22,24,28,35,37H,7-8,11,14H2,1H3,(H,33,38)(H,29,30,31)/t21-,22-,24-,28-/m1/s1. The molecule has 0 radical (unpaired) electrons. The van der Waals surface area contributed by atoms with E-state index in [0.717, 1.165) is 17.1 Å². The molecule has 0 spiro atoms. The molecule has 41 heavy (non-hydrogen) atoms. The number of amides is 1. The quantitative estimate of drug-likeness (QED) is 0.219. The molecule has 2 aromatic heterocycles. The summed E-state index contributed by atoms with van der Waals surface area (Å²) in [6.07, 6.45) is 0.478. The van der Waals surface area contributed by atoms with Crippen molar-refractivity contribution < 1.29 is 34.0 Å². The van der Waals surface area contributed by atoms with E-state index in [-0.39, 0.29) is 18.1 Å². The van der Waals surface area contributed by atoms with Crippen LogP contribution in [0.25, 0.3) is 11.2 Å². The summed E-state index contributed by atoms with van der Waals surface area (Å²) in [6.45, 7) is 1.73. The van der Waals surface area contributed by atoms with E-state index >= 15 is 0 Å². The van der Waals surface area contributed by atoms with Gasteiger partial charge in [0.1, 0.15) is 24.6 Å². The van der Waals surface area contributed by atoms with E-state index in [1.807, 2.05) is 18.2 Å². The minimum Gasteiger partial charge on any atom is -0.454 e. The van der Waals surface area contributed by atoms with Gasteiger partial charge in [-0.25, -0.2) is 15.0 Å². The van der Waals surface area contributed by atoms with Gasteiger partial charge in [0.05, 0.1) is 12.9 Å². The van der Waals surface area contributed by atoms with Gasteiger partial charge >= 0.3 is 0 Å². The van der Waals surface area contributed by atoms with Crippen molar-refractivity contribution in [3.05, 3.63) is 71.8 Å². The average molecular weight is 561 g/mol. The third-order valence-electron chi connectivity index (χ3n) is 7.16. The van der Waals surface area contributed by atoms with Crippen molar-refractivity contribution in [2.75, 3.05) is 25.3 Å². The molecule has 4 aromatic rings. The average Bonchev–Trinajstić information content (AvgIpc) is 3.70. The van der Waals surface area contributed by atoms with Gasteiger partial charge in [0.25, 0.3) is 5.91 Å². The fourth-order valence-electron chi connectivity index (χ4n) is 4.99. The van der Waals surface area contributed by atoms with Crippen LogP contribution in [0.4, 0.5) is 5.82 Å². The molecule has 1 amide bonds. The molecular weight excluding hydrogens is 532 g/mol. The Hall–Kier alpha value is -4.59. The number of nitrogens with zero attached hydrogens (tertiary/aromatic N) is 4. The van der Waals surface area contributed by atoms with Crippen LogP contribution in [0.15, 0.2) is 55.1 Å². The van der Waals surface area contributed by atoms with Gasteiger partial charge in [-0.05, 0) is 43.2 Å². The monoisotopic (exact) mass is 560 g/mol. The van der Waals surface area contributed by atoms with Gasteiger partial charge in [-0.1, -0.05) is 18.2 Å². The topological polar surface area (TPSA) is 170 Å². The smallest absolute Gasteiger partial charge is 0.251 e. The minimum absolute atomic E-state index is 0.174. The molecule has 13 nitrogen and oxygen atoms in total. The first-order valence-corrected chi connectivity index (χ1v) is 13.1. The maximum atomic E-state index is 13.1. The number of Topliss-reactive ketones (excluding diaryl/α,β-unsaturated/α-hetero) is 1. The van der Waals surface area contributed by atoms with Crippen LogP contribution in [0.3, 0.4) is 0 Å². The summed E-state index contributed by atoms with van der Waals surface area (Å²) in [5.74, 6) is 1.28. The van der Waals surface area contributed by atoms with E-state index < -0.39 is 37.0 Å². The number of rotatable bonds is 9. The molecule has 2 aliphatic rings. The third kappa shape index (κ3) is 5.17. The maximum absolute atomic E-state index is 13.1. The zero-order valence-corrected chi connectivity index (χ0v) is 22.1. The maximum Gasteiger partial charge on any atom is 0.251 e. The first kappa shape index (κ1) is 26.6. The van der Waals surface area contributed by atoms with E-state index in [0.29, 0.717) is 35.5 Å². The Morgan fingerprint density at radius 1 is 1.07 bits per heavy atom. The number of ether oxygens (including phenoxy) is 3. The number of hydrogen-bond acceptors (Lipinski definition) is 11. The predicted molar refractivity (Wildman–Crippen MR) is 145 cm³/mol. The Balaban J connectivity index is 1.21. The summed E-state index contributed by atoms with van der Waals surface area (Å²) < 4.78 is 18.4. The number of hydrogen-bond donors (Lipinski definition) is 4. The molecule has 0 aliphatic carbocycles. The molecular formula is C28H28N6O7. The number of imidazole rings is 1. The summed E-state index contributed by atoms with van der Waals surface area (Å²) in [5.41, 5.74) is 2.60. The largest absolute Gasteiger partial charge is 0.454 e. The van der Waals surface area contributed by atoms with E-state index in [1.54, 1.807) is 22.8 Å². The number of nitrogens with one attached hydrogen (secondary N) is 2. The second kappa shape index (κ2) is 11.1. The second-order valence-electron chi connectivity index (χ2n) is 9.79. The van der Waals surface area contributed by atoms with Gasteiger partial charge in [0.2, 0.25) is 6.79 Å². The lowest BCUT2D eigenvalue weighted by molar-refractivity contribution is -0.0440. The third-order valence-corrected chi connectivity index (χ3v) is 7.16. The van der Waals surface area contributed by atoms with E-state index in [2.05, 4.69) is 25.6 Å². The van der Waals surface area contributed by atoms with E-state index in [9.17, 15) is 19.8 Å². The summed E-state index contributed by atoms with van der Waals surface area (Å²) in [7, 11) is 0. The molecule has 4 heterocycles. The number of carbonyl (C=O) groups excluding carboxylic acids is 2. The lowest BCUT2D eigenvalue weighted by atomic mass is 10.1. The predicted octanol–water partition coefficient (Wildman–Crippen LogP) is 1.46. The molecule has 2 aromatic carbocycles. The highest BCUT2D eigenvalue weighted by Gasteiger charge is 2.46. The highest BCUT2D eigenvalue weighted by atomic mass is 16.7. The summed E-state index contributed by atoms with van der Waals surface area (Å²) in [5, 5.41) is 26.8. The SMILES string of the molecule is CC(=O)c1cccc(C(=O)N[C@@H]2[C@H](O)[C@@H](CO)O[C@H]2n2cnc3c(NCCc4ccc5c(c4)OCO5)ncnc32)c1. The summed E-state index contributed by atoms with van der Waals surface area (Å²) >= 11 is 0. The van der Waals surface area contributed by atoms with Crippen LogP contribution in [0, 0.1) is 0 Å². The van der Waals surface area contributed by atoms with Crippen LogP contribution in [0.5, 0.6) is 11.5 Å². The van der Waals surface area contributed by atoms with Crippen LogP contribution < -0.4 is 20.1 Å². The number of aromatic nitrogens is 4. The number of aliphatic hydroxyl groups is 2. The van der Waals surface area contributed by atoms with Gasteiger partial charge in [-0.15, -0.1) is 0 Å². The molecule has 0 bridgehead atoms. The summed E-state index contributed by atoms with van der Waals surface area (Å²) in [4.78, 5) is 38.1. The molecule has 1 fully saturated rings. The normalized spacial score (nSPS) is 21.2. The first-order valence-electron chi connectivity index (χ1n) is 13.1. The van der Waals surface area contributed by atoms with E-state index in [1.165, 1.54) is 25.6 Å². The molecule has 212 valence electrons. The molecule has 13 heteroatoms. The van der Waals surface area contributed by atoms with Gasteiger partial charge in [-0.2, -0.15) is 0 Å². The van der Waals surface area contributed by atoms with Crippen molar-refractivity contribution in [3.8, 4) is 11.5 Å². The second-order valence-corrected chi connectivity index (χ2v) is 9.79. The number of fused-ring (bicyclic) bond motifs is 2. The molecule has 6 rings (SSSR count). The molecule has 4 atom stereocenters. The molecule has 0 unspecified atom stereocenters. The molecule has 2 aliphatic heterocycles. The first-order chi connectivity index (χ1) is 19.9. The fourth-order valence-corrected chi connectivity index (χ4v) is 4.99. The van der Waals surface area contributed by atoms with Crippen LogP contribution in [0.1, 0.15) is 39.4 Å². The van der Waals surface area contributed by atoms with Crippen molar-refractivity contribution >= 4 is 28.7 Å². The Morgan fingerprint density at radius 3 is 2.73 bits per heavy atom. The van der Waals surface area contributed by atoms with Crippen LogP contribution in [-0.4, -0.2) is 79.6 Å². The summed E-state index contributed by atoms with van der Waals surface area (Å²) in [6, 6.07) is 11.1. The van der Waals surface area contributed by atoms with Gasteiger partial charge < -0.3 is 35.1 Å². The minimum atomic E-state index is -1.22. The Labute approximate surface area is 234 Å². The van der Waals surface area contributed by atoms with Crippen LogP contribution in [-0.2, 0) is 11.2 Å². The zero-order valence-electron chi connectivity index (χ0n) is 22.1. The van der Waals surface area contributed by atoms with Gasteiger partial charge in [0, 0.05) is 17.7 Å². The van der Waals surface area contributed by atoms with Gasteiger partial charge in [0.15, 0.2) is 40.5 Å². The lowest BCUT2D eigenvalue weighted by Gasteiger charge is -2.23. The Kier molecular flexibility index (Phi) is 7.22. The number of benzene rings is 2. The van der Waals surface area contributed by atoms with Crippen LogP contribution in [0.2, 0.25) is 0 Å². The number of carbonyl (C=O) groups is 2. The van der Waals surface area contributed by atoms with E-state index in [4.69, 9.17) is 14.2 Å². The molecule has 1 saturated heterocycles. The van der Waals surface area contributed by atoms with Crippen molar-refractivity contribution in [1.82, 2.24) is 24.8 Å². The highest BCUT2D eigenvalue weighted by molar-refractivity contribution is 5.99. The zero-order chi connectivity index (χ0) is 28.5. The van der Waals surface area contributed by atoms with Crippen molar-refractivity contribution in [3.63, 3.8) is 0 Å². The lowest BCUT2D eigenvalue weighted by Crippen LogP contribution is -2.46.